The number of nitrogens with one attached hydrogen (secondary N) is 1. The Labute approximate surface area is 111 Å². The number of hydrogen-bond donors (Lipinski definition) is 2. The highest BCUT2D eigenvalue weighted by atomic mass is 16.3. The Bertz CT molecular complexity index is 519. The molecule has 102 valence electrons. The monoisotopic (exact) mass is 263 g/mol. The third-order valence-corrected chi connectivity index (χ3v) is 2.90. The van der Waals surface area contributed by atoms with Crippen LogP contribution in [0, 0.1) is 0 Å². The van der Waals surface area contributed by atoms with Gasteiger partial charge in [0.15, 0.2) is 0 Å². The SMILES string of the molecule is CCN(Cc1ccco1)Cc1occc1C(=O)NN. The molecule has 0 fully saturated rings. The molecular weight excluding hydrogens is 246 g/mol. The Morgan fingerprint density at radius 2 is 2.16 bits per heavy atom. The highest BCUT2D eigenvalue weighted by molar-refractivity contribution is 5.94. The van der Waals surface area contributed by atoms with Gasteiger partial charge in [-0.15, -0.1) is 0 Å². The third kappa shape index (κ3) is 3.24. The largest absolute Gasteiger partial charge is 0.468 e. The van der Waals surface area contributed by atoms with Crippen molar-refractivity contribution >= 4 is 5.91 Å². The number of nitrogens with two attached hydrogens (primary N) is 1. The Hall–Kier alpha value is -2.05. The first-order chi connectivity index (χ1) is 9.24. The molecule has 0 bridgehead atoms. The summed E-state index contributed by atoms with van der Waals surface area (Å²) in [4.78, 5) is 13.7. The van der Waals surface area contributed by atoms with Gasteiger partial charge in [-0.1, -0.05) is 6.92 Å². The summed E-state index contributed by atoms with van der Waals surface area (Å²) in [7, 11) is 0. The van der Waals surface area contributed by atoms with Crippen molar-refractivity contribution in [2.24, 2.45) is 5.84 Å². The van der Waals surface area contributed by atoms with Crippen LogP contribution in [0.1, 0.15) is 28.8 Å². The second kappa shape index (κ2) is 6.21. The molecule has 0 radical (unpaired) electrons. The third-order valence-electron chi connectivity index (χ3n) is 2.90. The van der Waals surface area contributed by atoms with Crippen LogP contribution in [0.4, 0.5) is 0 Å². The first-order valence-electron chi connectivity index (χ1n) is 6.06. The molecule has 2 aromatic rings. The number of nitrogen functional groups attached to an aromatic ring is 1. The average molecular weight is 263 g/mol. The van der Waals surface area contributed by atoms with Crippen LogP contribution in [0.3, 0.4) is 0 Å². The van der Waals surface area contributed by atoms with Gasteiger partial charge in [0.2, 0.25) is 0 Å². The van der Waals surface area contributed by atoms with Crippen molar-refractivity contribution in [3.63, 3.8) is 0 Å². The zero-order valence-corrected chi connectivity index (χ0v) is 10.8. The van der Waals surface area contributed by atoms with Gasteiger partial charge in [0.05, 0.1) is 31.2 Å². The van der Waals surface area contributed by atoms with Crippen molar-refractivity contribution in [3.8, 4) is 0 Å². The maximum Gasteiger partial charge on any atom is 0.268 e. The lowest BCUT2D eigenvalue weighted by molar-refractivity contribution is 0.0949. The van der Waals surface area contributed by atoms with Crippen LogP contribution in [-0.2, 0) is 13.1 Å². The Morgan fingerprint density at radius 1 is 1.32 bits per heavy atom. The van der Waals surface area contributed by atoms with E-state index in [4.69, 9.17) is 14.7 Å². The van der Waals surface area contributed by atoms with Gasteiger partial charge >= 0.3 is 0 Å². The molecule has 2 aromatic heterocycles. The van der Waals surface area contributed by atoms with Crippen molar-refractivity contribution in [2.75, 3.05) is 6.54 Å². The van der Waals surface area contributed by atoms with Crippen LogP contribution in [0.25, 0.3) is 0 Å². The standard InChI is InChI=1S/C13H17N3O3/c1-2-16(8-10-4-3-6-18-10)9-12-11(5-7-19-12)13(17)15-14/h3-7H,2,8-9,14H2,1H3,(H,15,17). The Morgan fingerprint density at radius 3 is 2.79 bits per heavy atom. The Kier molecular flexibility index (Phi) is 4.38. The summed E-state index contributed by atoms with van der Waals surface area (Å²) in [5.74, 6) is 6.25. The van der Waals surface area contributed by atoms with E-state index in [1.54, 1.807) is 12.3 Å². The maximum absolute atomic E-state index is 11.5. The summed E-state index contributed by atoms with van der Waals surface area (Å²) in [6.45, 7) is 4.03. The van der Waals surface area contributed by atoms with Crippen LogP contribution in [0.15, 0.2) is 39.6 Å². The number of rotatable bonds is 6. The summed E-state index contributed by atoms with van der Waals surface area (Å²) < 4.78 is 10.7. The maximum atomic E-state index is 11.5. The molecule has 0 spiro atoms. The second-order valence-electron chi connectivity index (χ2n) is 4.11. The summed E-state index contributed by atoms with van der Waals surface area (Å²) >= 11 is 0. The van der Waals surface area contributed by atoms with Gasteiger partial charge < -0.3 is 8.83 Å². The zero-order chi connectivity index (χ0) is 13.7. The molecule has 2 heterocycles. The highest BCUT2D eigenvalue weighted by Gasteiger charge is 2.16. The van der Waals surface area contributed by atoms with E-state index in [-0.39, 0.29) is 5.91 Å². The highest BCUT2D eigenvalue weighted by Crippen LogP contribution is 2.15. The van der Waals surface area contributed by atoms with E-state index in [0.29, 0.717) is 24.4 Å². The fourth-order valence-electron chi connectivity index (χ4n) is 1.85. The summed E-state index contributed by atoms with van der Waals surface area (Å²) in [5, 5.41) is 0. The number of hydrazine groups is 1. The van der Waals surface area contributed by atoms with Crippen LogP contribution in [0.5, 0.6) is 0 Å². The van der Waals surface area contributed by atoms with Crippen LogP contribution < -0.4 is 11.3 Å². The minimum Gasteiger partial charge on any atom is -0.468 e. The smallest absolute Gasteiger partial charge is 0.268 e. The number of nitrogens with zero attached hydrogens (tertiary/aromatic N) is 1. The zero-order valence-electron chi connectivity index (χ0n) is 10.8. The van der Waals surface area contributed by atoms with Gasteiger partial charge in [-0.05, 0) is 24.7 Å². The first-order valence-corrected chi connectivity index (χ1v) is 6.06. The molecule has 6 heteroatoms. The first kappa shape index (κ1) is 13.4. The van der Waals surface area contributed by atoms with Crippen molar-refractivity contribution in [3.05, 3.63) is 47.8 Å². The predicted molar refractivity (Wildman–Crippen MR) is 68.9 cm³/mol. The van der Waals surface area contributed by atoms with E-state index < -0.39 is 0 Å². The molecule has 3 N–H and O–H groups in total. The summed E-state index contributed by atoms with van der Waals surface area (Å²) in [6, 6.07) is 5.37. The average Bonchev–Trinajstić information content (AvgIpc) is 3.08. The van der Waals surface area contributed by atoms with E-state index in [1.165, 1.54) is 6.26 Å². The number of hydrogen-bond acceptors (Lipinski definition) is 5. The number of carbonyl (C=O) groups excluding carboxylic acids is 1. The Balaban J connectivity index is 2.06. The number of amides is 1. The molecule has 0 unspecified atom stereocenters. The molecule has 2 rings (SSSR count). The second-order valence-corrected chi connectivity index (χ2v) is 4.11. The molecule has 6 nitrogen and oxygen atoms in total. The number of carbonyl (C=O) groups is 1. The van der Waals surface area contributed by atoms with Gasteiger partial charge in [-0.3, -0.25) is 15.1 Å². The molecule has 0 aliphatic heterocycles. The summed E-state index contributed by atoms with van der Waals surface area (Å²) in [5.41, 5.74) is 2.57. The predicted octanol–water partition coefficient (Wildman–Crippen LogP) is 1.50. The van der Waals surface area contributed by atoms with Crippen molar-refractivity contribution in [1.82, 2.24) is 10.3 Å². The topological polar surface area (TPSA) is 84.6 Å². The van der Waals surface area contributed by atoms with E-state index in [9.17, 15) is 4.79 Å². The van der Waals surface area contributed by atoms with E-state index in [0.717, 1.165) is 12.3 Å². The lowest BCUT2D eigenvalue weighted by Crippen LogP contribution is -2.31. The van der Waals surface area contributed by atoms with Crippen molar-refractivity contribution in [2.45, 2.75) is 20.0 Å². The molecular formula is C13H17N3O3. The van der Waals surface area contributed by atoms with E-state index >= 15 is 0 Å². The van der Waals surface area contributed by atoms with Crippen LogP contribution >= 0.6 is 0 Å². The lowest BCUT2D eigenvalue weighted by atomic mass is 10.2. The molecule has 19 heavy (non-hydrogen) atoms. The number of furan rings is 2. The van der Waals surface area contributed by atoms with E-state index in [1.807, 2.05) is 19.1 Å². The van der Waals surface area contributed by atoms with Crippen molar-refractivity contribution in [1.29, 1.82) is 0 Å². The molecule has 1 amide bonds. The molecule has 0 saturated carbocycles. The van der Waals surface area contributed by atoms with Gasteiger partial charge in [0.1, 0.15) is 11.5 Å². The molecule has 0 aliphatic rings. The van der Waals surface area contributed by atoms with Gasteiger partial charge in [0, 0.05) is 0 Å². The molecule has 0 aromatic carbocycles. The molecule has 0 aliphatic carbocycles. The quantitative estimate of drug-likeness (QED) is 0.468. The lowest BCUT2D eigenvalue weighted by Gasteiger charge is -2.18. The molecule has 0 saturated heterocycles. The minimum absolute atomic E-state index is 0.349. The van der Waals surface area contributed by atoms with Crippen molar-refractivity contribution < 1.29 is 13.6 Å². The molecule has 0 atom stereocenters. The van der Waals surface area contributed by atoms with E-state index in [2.05, 4.69) is 10.3 Å². The van der Waals surface area contributed by atoms with Gasteiger partial charge in [0.25, 0.3) is 5.91 Å². The fourth-order valence-corrected chi connectivity index (χ4v) is 1.85. The van der Waals surface area contributed by atoms with Gasteiger partial charge in [-0.2, -0.15) is 0 Å². The van der Waals surface area contributed by atoms with Crippen LogP contribution in [0.2, 0.25) is 0 Å². The minimum atomic E-state index is -0.349. The summed E-state index contributed by atoms with van der Waals surface area (Å²) in [6.07, 6.45) is 3.13. The normalized spacial score (nSPS) is 10.9. The van der Waals surface area contributed by atoms with Gasteiger partial charge in [-0.25, -0.2) is 5.84 Å². The van der Waals surface area contributed by atoms with Crippen LogP contribution in [-0.4, -0.2) is 17.4 Å². The fraction of sp³-hybridized carbons (Fsp3) is 0.308.